The van der Waals surface area contributed by atoms with Crippen molar-refractivity contribution in [2.24, 2.45) is 0 Å². The van der Waals surface area contributed by atoms with Crippen LogP contribution in [0.15, 0.2) is 42.5 Å². The van der Waals surface area contributed by atoms with E-state index in [1.54, 1.807) is 24.0 Å². The second-order valence-corrected chi connectivity index (χ2v) is 5.44. The van der Waals surface area contributed by atoms with Crippen LogP contribution in [-0.4, -0.2) is 36.7 Å². The zero-order valence-electron chi connectivity index (χ0n) is 13.5. The van der Waals surface area contributed by atoms with Crippen LogP contribution in [0.1, 0.15) is 18.9 Å². The summed E-state index contributed by atoms with van der Waals surface area (Å²) in [5.41, 5.74) is 2.11. The van der Waals surface area contributed by atoms with Crippen molar-refractivity contribution in [3.63, 3.8) is 0 Å². The molecule has 0 aliphatic carbocycles. The van der Waals surface area contributed by atoms with Crippen LogP contribution < -0.4 is 4.90 Å². The van der Waals surface area contributed by atoms with Gasteiger partial charge < -0.3 is 15.1 Å². The first-order valence-corrected chi connectivity index (χ1v) is 7.73. The molecule has 0 bridgehead atoms. The van der Waals surface area contributed by atoms with Crippen molar-refractivity contribution in [3.05, 3.63) is 48.0 Å². The van der Waals surface area contributed by atoms with Gasteiger partial charge in [-0.05, 0) is 35.0 Å². The lowest BCUT2D eigenvalue weighted by atomic mass is 10.1. The van der Waals surface area contributed by atoms with Crippen LogP contribution in [0.2, 0.25) is 0 Å². The summed E-state index contributed by atoms with van der Waals surface area (Å²) in [7, 11) is 0. The number of aromatic amines is 1. The number of anilines is 1. The highest BCUT2D eigenvalue weighted by molar-refractivity contribution is 5.93. The maximum absolute atomic E-state index is 12.4. The molecule has 0 unspecified atom stereocenters. The Bertz CT molecular complexity index is 880. The fourth-order valence-corrected chi connectivity index (χ4v) is 2.46. The second-order valence-electron chi connectivity index (χ2n) is 5.44. The molecule has 0 saturated carbocycles. The fraction of sp³-hybridized carbons (Fsp3) is 0.176. The molecule has 3 rings (SSSR count). The standard InChI is InChI=1S/C17H17N5O3/c1-2-16(25)22(10-11-6-7-14(23)15(24)8-11)13-5-3-4-12(9-13)17-18-20-21-19-17/h3-9,23-24H,2,10H2,1H3,(H,18,19,20,21). The predicted molar refractivity (Wildman–Crippen MR) is 90.9 cm³/mol. The number of amides is 1. The molecule has 0 radical (unpaired) electrons. The molecule has 1 aromatic heterocycles. The van der Waals surface area contributed by atoms with Crippen LogP contribution in [0, 0.1) is 0 Å². The number of benzene rings is 2. The maximum atomic E-state index is 12.4. The lowest BCUT2D eigenvalue weighted by Crippen LogP contribution is -2.29. The summed E-state index contributed by atoms with van der Waals surface area (Å²) in [6.07, 6.45) is 0.330. The Labute approximate surface area is 143 Å². The summed E-state index contributed by atoms with van der Waals surface area (Å²) in [5.74, 6) is -0.0518. The molecule has 0 atom stereocenters. The molecular formula is C17H17N5O3. The number of hydrogen-bond donors (Lipinski definition) is 3. The summed E-state index contributed by atoms with van der Waals surface area (Å²) in [5, 5.41) is 32.9. The molecule has 1 heterocycles. The van der Waals surface area contributed by atoms with Gasteiger partial charge in [0.2, 0.25) is 11.7 Å². The Kier molecular flexibility index (Phi) is 4.60. The molecule has 0 saturated heterocycles. The third-order valence-corrected chi connectivity index (χ3v) is 3.75. The molecule has 0 fully saturated rings. The number of aromatic hydroxyl groups is 2. The van der Waals surface area contributed by atoms with Gasteiger partial charge in [0.1, 0.15) is 0 Å². The van der Waals surface area contributed by atoms with Gasteiger partial charge in [0, 0.05) is 17.7 Å². The van der Waals surface area contributed by atoms with E-state index < -0.39 is 0 Å². The zero-order valence-corrected chi connectivity index (χ0v) is 13.5. The number of nitrogens with one attached hydrogen (secondary N) is 1. The summed E-state index contributed by atoms with van der Waals surface area (Å²) in [4.78, 5) is 14.0. The van der Waals surface area contributed by atoms with E-state index in [1.165, 1.54) is 12.1 Å². The normalized spacial score (nSPS) is 10.6. The van der Waals surface area contributed by atoms with Gasteiger partial charge in [0.15, 0.2) is 11.5 Å². The van der Waals surface area contributed by atoms with E-state index in [9.17, 15) is 15.0 Å². The number of hydrogen-bond acceptors (Lipinski definition) is 6. The highest BCUT2D eigenvalue weighted by Gasteiger charge is 2.16. The highest BCUT2D eigenvalue weighted by atomic mass is 16.3. The largest absolute Gasteiger partial charge is 0.504 e. The minimum Gasteiger partial charge on any atom is -0.504 e. The molecule has 8 nitrogen and oxygen atoms in total. The summed E-state index contributed by atoms with van der Waals surface area (Å²) >= 11 is 0. The molecule has 1 amide bonds. The Balaban J connectivity index is 1.94. The molecule has 25 heavy (non-hydrogen) atoms. The number of rotatable bonds is 5. The monoisotopic (exact) mass is 339 g/mol. The van der Waals surface area contributed by atoms with Crippen molar-refractivity contribution in [3.8, 4) is 22.9 Å². The van der Waals surface area contributed by atoms with E-state index in [0.717, 1.165) is 5.56 Å². The van der Waals surface area contributed by atoms with Crippen LogP contribution in [0.4, 0.5) is 5.69 Å². The smallest absolute Gasteiger partial charge is 0.227 e. The van der Waals surface area contributed by atoms with Gasteiger partial charge in [-0.15, -0.1) is 10.2 Å². The van der Waals surface area contributed by atoms with E-state index in [2.05, 4.69) is 20.6 Å². The third kappa shape index (κ3) is 3.57. The van der Waals surface area contributed by atoms with Crippen molar-refractivity contribution in [1.82, 2.24) is 20.6 Å². The van der Waals surface area contributed by atoms with Crippen molar-refractivity contribution < 1.29 is 15.0 Å². The molecule has 3 aromatic rings. The van der Waals surface area contributed by atoms with Gasteiger partial charge in [-0.3, -0.25) is 4.79 Å². The minimum absolute atomic E-state index is 0.0715. The third-order valence-electron chi connectivity index (χ3n) is 3.75. The number of carbonyl (C=O) groups is 1. The molecular weight excluding hydrogens is 322 g/mol. The summed E-state index contributed by atoms with van der Waals surface area (Å²) in [6, 6.07) is 11.8. The topological polar surface area (TPSA) is 115 Å². The van der Waals surface area contributed by atoms with Gasteiger partial charge in [-0.2, -0.15) is 5.21 Å². The average molecular weight is 339 g/mol. The molecule has 0 spiro atoms. The van der Waals surface area contributed by atoms with Crippen LogP contribution in [0.5, 0.6) is 11.5 Å². The molecule has 8 heteroatoms. The quantitative estimate of drug-likeness (QED) is 0.614. The number of nitrogens with zero attached hydrogens (tertiary/aromatic N) is 4. The van der Waals surface area contributed by atoms with Gasteiger partial charge in [0.25, 0.3) is 0 Å². The number of phenols is 2. The molecule has 128 valence electrons. The van der Waals surface area contributed by atoms with E-state index in [-0.39, 0.29) is 24.0 Å². The molecule has 0 aliphatic rings. The Hall–Kier alpha value is -3.42. The van der Waals surface area contributed by atoms with E-state index in [4.69, 9.17) is 0 Å². The van der Waals surface area contributed by atoms with Gasteiger partial charge in [-0.1, -0.05) is 25.1 Å². The number of carbonyl (C=O) groups excluding carboxylic acids is 1. The summed E-state index contributed by atoms with van der Waals surface area (Å²) < 4.78 is 0. The van der Waals surface area contributed by atoms with E-state index in [1.807, 2.05) is 18.2 Å². The first-order valence-electron chi connectivity index (χ1n) is 7.73. The van der Waals surface area contributed by atoms with Crippen LogP contribution >= 0.6 is 0 Å². The minimum atomic E-state index is -0.220. The zero-order chi connectivity index (χ0) is 17.8. The first kappa shape index (κ1) is 16.4. The fourth-order valence-electron chi connectivity index (χ4n) is 2.46. The van der Waals surface area contributed by atoms with Gasteiger partial charge in [0.05, 0.1) is 6.54 Å². The summed E-state index contributed by atoms with van der Waals surface area (Å²) in [6.45, 7) is 2.04. The first-order chi connectivity index (χ1) is 12.1. The Morgan fingerprint density at radius 1 is 1.16 bits per heavy atom. The van der Waals surface area contributed by atoms with Crippen LogP contribution in [-0.2, 0) is 11.3 Å². The molecule has 0 aliphatic heterocycles. The lowest BCUT2D eigenvalue weighted by Gasteiger charge is -2.23. The number of phenolic OH excluding ortho intramolecular Hbond substituents is 2. The second kappa shape index (κ2) is 7.00. The number of aromatic nitrogens is 4. The van der Waals surface area contributed by atoms with E-state index in [0.29, 0.717) is 23.5 Å². The van der Waals surface area contributed by atoms with Gasteiger partial charge >= 0.3 is 0 Å². The van der Waals surface area contributed by atoms with Crippen LogP contribution in [0.3, 0.4) is 0 Å². The van der Waals surface area contributed by atoms with Crippen molar-refractivity contribution in [2.75, 3.05) is 4.90 Å². The Morgan fingerprint density at radius 3 is 2.68 bits per heavy atom. The number of tetrazole rings is 1. The highest BCUT2D eigenvalue weighted by Crippen LogP contribution is 2.28. The van der Waals surface area contributed by atoms with Crippen molar-refractivity contribution >= 4 is 11.6 Å². The SMILES string of the molecule is CCC(=O)N(Cc1ccc(O)c(O)c1)c1cccc(-c2nn[nH]n2)c1. The molecule has 3 N–H and O–H groups in total. The molecule has 2 aromatic carbocycles. The average Bonchev–Trinajstić information content (AvgIpc) is 3.17. The number of H-pyrrole nitrogens is 1. The Morgan fingerprint density at radius 2 is 2.00 bits per heavy atom. The van der Waals surface area contributed by atoms with Crippen LogP contribution in [0.25, 0.3) is 11.4 Å². The van der Waals surface area contributed by atoms with Crippen molar-refractivity contribution in [1.29, 1.82) is 0 Å². The van der Waals surface area contributed by atoms with Gasteiger partial charge in [-0.25, -0.2) is 0 Å². The lowest BCUT2D eigenvalue weighted by molar-refractivity contribution is -0.118. The van der Waals surface area contributed by atoms with E-state index >= 15 is 0 Å². The van der Waals surface area contributed by atoms with Crippen molar-refractivity contribution in [2.45, 2.75) is 19.9 Å². The maximum Gasteiger partial charge on any atom is 0.227 e. The predicted octanol–water partition coefficient (Wildman–Crippen LogP) is 2.22.